The monoisotopic (exact) mass is 236 g/mol. The summed E-state index contributed by atoms with van der Waals surface area (Å²) in [4.78, 5) is 10.1. The van der Waals surface area contributed by atoms with Crippen molar-refractivity contribution in [1.29, 1.82) is 0 Å². The number of ketones is 1. The van der Waals surface area contributed by atoms with Gasteiger partial charge in [-0.25, -0.2) is 4.39 Å². The Hall–Kier alpha value is -0.800. The van der Waals surface area contributed by atoms with Gasteiger partial charge in [0.25, 0.3) is 0 Å². The Bertz CT molecular complexity index is 353. The van der Waals surface area contributed by atoms with E-state index < -0.39 is 16.4 Å². The molecule has 0 aliphatic carbocycles. The highest BCUT2D eigenvalue weighted by Gasteiger charge is 2.16. The van der Waals surface area contributed by atoms with Gasteiger partial charge in [0, 0.05) is 5.56 Å². The Kier molecular flexibility index (Phi) is 3.72. The van der Waals surface area contributed by atoms with Crippen molar-refractivity contribution in [3.05, 3.63) is 29.6 Å². The number of hydrogen-bond donors (Lipinski definition) is 0. The number of carbonyl (C=O) groups excluding carboxylic acids is 1. The number of methoxy groups -OCH3 is 1. The van der Waals surface area contributed by atoms with Gasteiger partial charge in [-0.3, -0.25) is 4.79 Å². The van der Waals surface area contributed by atoms with Crippen molar-refractivity contribution in [2.24, 2.45) is 0 Å². The number of Topliss-reactive ketones (excluding diaryl/α,β-unsaturated/α-hetero) is 1. The second kappa shape index (κ2) is 4.62. The van der Waals surface area contributed by atoms with Gasteiger partial charge in [0.1, 0.15) is 0 Å². The van der Waals surface area contributed by atoms with E-state index in [0.717, 1.165) is 6.07 Å². The van der Waals surface area contributed by atoms with Gasteiger partial charge < -0.3 is 4.74 Å². The molecule has 0 aromatic heterocycles. The average Bonchev–Trinajstić information content (AvgIpc) is 2.17. The van der Waals surface area contributed by atoms with Gasteiger partial charge >= 0.3 is 0 Å². The van der Waals surface area contributed by atoms with E-state index in [2.05, 4.69) is 0 Å². The van der Waals surface area contributed by atoms with Gasteiger partial charge in [-0.1, -0.05) is 23.2 Å². The fourth-order valence-corrected chi connectivity index (χ4v) is 1.19. The molecule has 0 saturated heterocycles. The van der Waals surface area contributed by atoms with E-state index in [1.165, 1.54) is 19.2 Å². The SMILES string of the molecule is COc1cc(C(=O)C(Cl)Cl)ccc1F. The van der Waals surface area contributed by atoms with Gasteiger partial charge in [0.05, 0.1) is 7.11 Å². The summed E-state index contributed by atoms with van der Waals surface area (Å²) in [5.41, 5.74) is 0.221. The minimum atomic E-state index is -1.15. The van der Waals surface area contributed by atoms with Crippen molar-refractivity contribution < 1.29 is 13.9 Å². The molecule has 1 rings (SSSR count). The molecule has 0 unspecified atom stereocenters. The molecule has 0 aliphatic heterocycles. The molecule has 14 heavy (non-hydrogen) atoms. The molecule has 2 nitrogen and oxygen atoms in total. The van der Waals surface area contributed by atoms with Crippen molar-refractivity contribution >= 4 is 29.0 Å². The molecule has 0 saturated carbocycles. The summed E-state index contributed by atoms with van der Waals surface area (Å²) in [5.74, 6) is -1.03. The van der Waals surface area contributed by atoms with Crippen LogP contribution in [-0.2, 0) is 0 Å². The van der Waals surface area contributed by atoms with E-state index in [1.807, 2.05) is 0 Å². The number of hydrogen-bond acceptors (Lipinski definition) is 2. The van der Waals surface area contributed by atoms with Gasteiger partial charge in [-0.05, 0) is 18.2 Å². The molecule has 0 heterocycles. The van der Waals surface area contributed by atoms with Gasteiger partial charge in [0.2, 0.25) is 0 Å². The molecule has 0 fully saturated rings. The van der Waals surface area contributed by atoms with Gasteiger partial charge in [-0.15, -0.1) is 0 Å². The largest absolute Gasteiger partial charge is 0.494 e. The molecule has 76 valence electrons. The van der Waals surface area contributed by atoms with E-state index in [0.29, 0.717) is 0 Å². The highest BCUT2D eigenvalue weighted by molar-refractivity contribution is 6.55. The molecule has 0 atom stereocenters. The minimum Gasteiger partial charge on any atom is -0.494 e. The highest BCUT2D eigenvalue weighted by Crippen LogP contribution is 2.20. The maximum absolute atomic E-state index is 12.9. The zero-order valence-electron chi connectivity index (χ0n) is 7.26. The Morgan fingerprint density at radius 1 is 1.50 bits per heavy atom. The Morgan fingerprint density at radius 3 is 2.64 bits per heavy atom. The molecule has 1 aromatic rings. The van der Waals surface area contributed by atoms with E-state index in [4.69, 9.17) is 27.9 Å². The zero-order chi connectivity index (χ0) is 10.7. The highest BCUT2D eigenvalue weighted by atomic mass is 35.5. The first-order valence-corrected chi connectivity index (χ1v) is 4.59. The molecular formula is C9H7Cl2FO2. The summed E-state index contributed by atoms with van der Waals surface area (Å²) in [6.07, 6.45) is 0. The van der Waals surface area contributed by atoms with Crippen molar-refractivity contribution in [2.75, 3.05) is 7.11 Å². The number of carbonyl (C=O) groups is 1. The third-order valence-corrected chi connectivity index (χ3v) is 2.03. The first-order chi connectivity index (χ1) is 6.56. The molecular weight excluding hydrogens is 230 g/mol. The quantitative estimate of drug-likeness (QED) is 0.596. The average molecular weight is 237 g/mol. The molecule has 0 N–H and O–H groups in total. The summed E-state index contributed by atoms with van der Waals surface area (Å²) in [6, 6.07) is 3.69. The smallest absolute Gasteiger partial charge is 0.195 e. The van der Waals surface area contributed by atoms with Crippen LogP contribution in [0.25, 0.3) is 0 Å². The second-order valence-electron chi connectivity index (χ2n) is 2.51. The number of alkyl halides is 2. The third kappa shape index (κ3) is 2.36. The maximum atomic E-state index is 12.9. The normalized spacial score (nSPS) is 10.4. The van der Waals surface area contributed by atoms with Crippen LogP contribution < -0.4 is 4.74 Å². The standard InChI is InChI=1S/C9H7Cl2FO2/c1-14-7-4-5(2-3-6(7)12)8(13)9(10)11/h2-4,9H,1H3. The second-order valence-corrected chi connectivity index (χ2v) is 3.61. The van der Waals surface area contributed by atoms with E-state index in [1.54, 1.807) is 0 Å². The predicted octanol–water partition coefficient (Wildman–Crippen LogP) is 2.82. The van der Waals surface area contributed by atoms with E-state index in [-0.39, 0.29) is 11.3 Å². The lowest BCUT2D eigenvalue weighted by atomic mass is 10.1. The van der Waals surface area contributed by atoms with Crippen LogP contribution in [0.3, 0.4) is 0 Å². The van der Waals surface area contributed by atoms with Gasteiger partial charge in [0.15, 0.2) is 22.2 Å². The number of halogens is 3. The number of benzene rings is 1. The molecule has 0 bridgehead atoms. The van der Waals surface area contributed by atoms with Crippen LogP contribution in [-0.4, -0.2) is 17.7 Å². The Balaban J connectivity index is 3.06. The Labute approximate surface area is 90.6 Å². The van der Waals surface area contributed by atoms with Crippen molar-refractivity contribution in [3.63, 3.8) is 0 Å². The summed E-state index contributed by atoms with van der Waals surface area (Å²) >= 11 is 10.8. The zero-order valence-corrected chi connectivity index (χ0v) is 8.77. The predicted molar refractivity (Wildman–Crippen MR) is 52.8 cm³/mol. The lowest BCUT2D eigenvalue weighted by molar-refractivity contribution is 0.101. The van der Waals surface area contributed by atoms with Gasteiger partial charge in [-0.2, -0.15) is 0 Å². The van der Waals surface area contributed by atoms with Crippen molar-refractivity contribution in [1.82, 2.24) is 0 Å². The summed E-state index contributed by atoms with van der Waals surface area (Å²) in [5, 5.41) is 0. The fraction of sp³-hybridized carbons (Fsp3) is 0.222. The van der Waals surface area contributed by atoms with Crippen LogP contribution in [0.15, 0.2) is 18.2 Å². The first-order valence-electron chi connectivity index (χ1n) is 3.72. The Morgan fingerprint density at radius 2 is 2.14 bits per heavy atom. The maximum Gasteiger partial charge on any atom is 0.195 e. The lowest BCUT2D eigenvalue weighted by Gasteiger charge is -2.05. The van der Waals surface area contributed by atoms with Crippen molar-refractivity contribution in [3.8, 4) is 5.75 Å². The number of ether oxygens (including phenoxy) is 1. The lowest BCUT2D eigenvalue weighted by Crippen LogP contribution is -2.08. The number of rotatable bonds is 3. The summed E-state index contributed by atoms with van der Waals surface area (Å²) in [7, 11) is 1.31. The van der Waals surface area contributed by atoms with E-state index >= 15 is 0 Å². The molecule has 0 spiro atoms. The molecule has 5 heteroatoms. The van der Waals surface area contributed by atoms with Crippen molar-refractivity contribution in [2.45, 2.75) is 4.84 Å². The van der Waals surface area contributed by atoms with E-state index in [9.17, 15) is 9.18 Å². The van der Waals surface area contributed by atoms with Crippen LogP contribution in [0.1, 0.15) is 10.4 Å². The van der Waals surface area contributed by atoms with Crippen LogP contribution in [0.2, 0.25) is 0 Å². The minimum absolute atomic E-state index is 0.00941. The van der Waals surface area contributed by atoms with Crippen LogP contribution >= 0.6 is 23.2 Å². The van der Waals surface area contributed by atoms with Crippen LogP contribution in [0.4, 0.5) is 4.39 Å². The molecule has 0 aliphatic rings. The van der Waals surface area contributed by atoms with Crippen LogP contribution in [0.5, 0.6) is 5.75 Å². The molecule has 1 aromatic carbocycles. The first kappa shape index (κ1) is 11.3. The summed E-state index contributed by atoms with van der Waals surface area (Å²) in [6.45, 7) is 0. The fourth-order valence-electron chi connectivity index (χ4n) is 0.939. The van der Waals surface area contributed by atoms with Crippen LogP contribution in [0, 0.1) is 5.82 Å². The summed E-state index contributed by atoms with van der Waals surface area (Å²) < 4.78 is 17.6. The third-order valence-electron chi connectivity index (χ3n) is 1.63. The topological polar surface area (TPSA) is 26.3 Å². The molecule has 0 amide bonds. The molecule has 0 radical (unpaired) electrons.